The van der Waals surface area contributed by atoms with E-state index in [1.165, 1.54) is 12.3 Å². The van der Waals surface area contributed by atoms with Crippen LogP contribution in [0.2, 0.25) is 0 Å². The fourth-order valence-corrected chi connectivity index (χ4v) is 3.44. The van der Waals surface area contributed by atoms with Gasteiger partial charge in [0.1, 0.15) is 11.6 Å². The van der Waals surface area contributed by atoms with E-state index in [2.05, 4.69) is 15.6 Å². The molecule has 0 unspecified atom stereocenters. The highest BCUT2D eigenvalue weighted by molar-refractivity contribution is 5.93. The lowest BCUT2D eigenvalue weighted by Crippen LogP contribution is -2.26. The molecular weight excluding hydrogens is 433 g/mol. The molecule has 1 fully saturated rings. The van der Waals surface area contributed by atoms with Gasteiger partial charge in [-0.15, -0.1) is 0 Å². The van der Waals surface area contributed by atoms with Crippen molar-refractivity contribution in [2.24, 2.45) is 17.4 Å². The molecule has 0 saturated heterocycles. The highest BCUT2D eigenvalue weighted by atomic mass is 19.1. The van der Waals surface area contributed by atoms with E-state index >= 15 is 0 Å². The van der Waals surface area contributed by atoms with Crippen LogP contribution in [0.25, 0.3) is 11.3 Å². The van der Waals surface area contributed by atoms with E-state index in [0.717, 1.165) is 24.0 Å². The summed E-state index contributed by atoms with van der Waals surface area (Å²) in [4.78, 5) is 16.2. The van der Waals surface area contributed by atoms with Crippen molar-refractivity contribution in [1.29, 1.82) is 0 Å². The molecule has 1 aliphatic rings. The minimum Gasteiger partial charge on any atom is -0.404 e. The summed E-state index contributed by atoms with van der Waals surface area (Å²) >= 11 is 0. The number of rotatable bonds is 10. The van der Waals surface area contributed by atoms with Crippen molar-refractivity contribution in [3.8, 4) is 0 Å². The van der Waals surface area contributed by atoms with Crippen molar-refractivity contribution >= 4 is 28.7 Å². The van der Waals surface area contributed by atoms with Crippen LogP contribution < -0.4 is 22.1 Å². The van der Waals surface area contributed by atoms with Crippen molar-refractivity contribution in [1.82, 2.24) is 4.98 Å². The van der Waals surface area contributed by atoms with Crippen molar-refractivity contribution in [2.75, 3.05) is 24.3 Å². The van der Waals surface area contributed by atoms with Crippen molar-refractivity contribution in [3.05, 3.63) is 65.2 Å². The van der Waals surface area contributed by atoms with Crippen LogP contribution in [0, 0.1) is 18.7 Å². The van der Waals surface area contributed by atoms with Crippen LogP contribution >= 0.6 is 0 Å². The molecule has 1 saturated carbocycles. The molecule has 182 valence electrons. The first-order chi connectivity index (χ1) is 16.1. The fraction of sp³-hybridized carbons (Fsp3) is 0.385. The first-order valence-electron chi connectivity index (χ1n) is 11.4. The standard InChI is InChI=1S/C26H34FN5O2/c1-16-11-21(27)23(30-10-8-26(2,3)34-4)14-20(16)19(15-28)12-22(29)18-7-9-31-24(13-18)32-25(33)17-5-6-17/h7,9,11-15,17,30H,5-6,8,10,28-29H2,1-4H3,(H,31,32,33)/b19-15+,22-12-. The molecule has 1 aliphatic carbocycles. The van der Waals surface area contributed by atoms with Crippen LogP contribution in [0.1, 0.15) is 49.8 Å². The molecule has 0 bridgehead atoms. The lowest BCUT2D eigenvalue weighted by molar-refractivity contribution is -0.117. The van der Waals surface area contributed by atoms with Gasteiger partial charge in [0.25, 0.3) is 0 Å². The Bertz CT molecular complexity index is 1110. The van der Waals surface area contributed by atoms with E-state index in [-0.39, 0.29) is 23.2 Å². The number of hydrogen-bond acceptors (Lipinski definition) is 6. The van der Waals surface area contributed by atoms with E-state index in [9.17, 15) is 9.18 Å². The van der Waals surface area contributed by atoms with Crippen molar-refractivity contribution in [2.45, 2.75) is 45.6 Å². The lowest BCUT2D eigenvalue weighted by Gasteiger charge is -2.23. The van der Waals surface area contributed by atoms with Crippen LogP contribution in [-0.2, 0) is 9.53 Å². The number of amides is 1. The highest BCUT2D eigenvalue weighted by Gasteiger charge is 2.29. The quantitative estimate of drug-likeness (QED) is 0.385. The van der Waals surface area contributed by atoms with Gasteiger partial charge in [-0.1, -0.05) is 0 Å². The second-order valence-electron chi connectivity index (χ2n) is 9.20. The zero-order chi connectivity index (χ0) is 24.9. The highest BCUT2D eigenvalue weighted by Crippen LogP contribution is 2.31. The Hall–Kier alpha value is -3.39. The molecule has 34 heavy (non-hydrogen) atoms. The minimum absolute atomic E-state index is 0.0226. The van der Waals surface area contributed by atoms with Crippen molar-refractivity contribution < 1.29 is 13.9 Å². The number of aromatic nitrogens is 1. The molecule has 3 rings (SSSR count). The normalized spacial score (nSPS) is 14.7. The maximum atomic E-state index is 14.6. The maximum Gasteiger partial charge on any atom is 0.228 e. The summed E-state index contributed by atoms with van der Waals surface area (Å²) in [5, 5.41) is 5.98. The molecule has 1 aromatic carbocycles. The van der Waals surface area contributed by atoms with Gasteiger partial charge in [-0.2, -0.15) is 0 Å². The summed E-state index contributed by atoms with van der Waals surface area (Å²) in [7, 11) is 1.66. The van der Waals surface area contributed by atoms with Crippen molar-refractivity contribution in [3.63, 3.8) is 0 Å². The Labute approximate surface area is 200 Å². The molecule has 1 aromatic heterocycles. The average molecular weight is 468 g/mol. The number of nitrogens with zero attached hydrogens (tertiary/aromatic N) is 1. The summed E-state index contributed by atoms with van der Waals surface area (Å²) in [6, 6.07) is 6.70. The van der Waals surface area contributed by atoms with Gasteiger partial charge in [0, 0.05) is 43.2 Å². The number of pyridine rings is 1. The van der Waals surface area contributed by atoms with E-state index in [1.54, 1.807) is 37.6 Å². The molecule has 0 atom stereocenters. The number of anilines is 2. The molecule has 0 spiro atoms. The third-order valence-electron chi connectivity index (χ3n) is 6.00. The number of ether oxygens (including phenoxy) is 1. The second kappa shape index (κ2) is 10.7. The number of methoxy groups -OCH3 is 1. The topological polar surface area (TPSA) is 115 Å². The van der Waals surface area contributed by atoms with Gasteiger partial charge < -0.3 is 26.8 Å². The first-order valence-corrected chi connectivity index (χ1v) is 11.4. The molecule has 0 aliphatic heterocycles. The van der Waals surface area contributed by atoms with Gasteiger partial charge in [-0.25, -0.2) is 9.37 Å². The van der Waals surface area contributed by atoms with Crippen LogP contribution in [0.3, 0.4) is 0 Å². The van der Waals surface area contributed by atoms with Gasteiger partial charge >= 0.3 is 0 Å². The Morgan fingerprint density at radius 1 is 1.32 bits per heavy atom. The SMILES string of the molecule is COC(C)(C)CCNc1cc(C(/C=C(\N)c2ccnc(NC(=O)C3CC3)c2)=C/N)c(C)cc1F. The summed E-state index contributed by atoms with van der Waals surface area (Å²) in [6.45, 7) is 6.33. The van der Waals surface area contributed by atoms with Gasteiger partial charge in [0.05, 0.1) is 11.3 Å². The van der Waals surface area contributed by atoms with E-state index in [0.29, 0.717) is 41.3 Å². The molecule has 0 radical (unpaired) electrons. The molecule has 7 nitrogen and oxygen atoms in total. The smallest absolute Gasteiger partial charge is 0.228 e. The van der Waals surface area contributed by atoms with E-state index in [1.807, 2.05) is 20.8 Å². The number of benzene rings is 1. The predicted molar refractivity (Wildman–Crippen MR) is 135 cm³/mol. The van der Waals surface area contributed by atoms with Gasteiger partial charge in [-0.05, 0) is 87.1 Å². The Kier molecular flexibility index (Phi) is 7.94. The van der Waals surface area contributed by atoms with Gasteiger partial charge in [-0.3, -0.25) is 4.79 Å². The Balaban J connectivity index is 1.80. The summed E-state index contributed by atoms with van der Waals surface area (Å²) < 4.78 is 20.0. The number of nitrogens with two attached hydrogens (primary N) is 2. The number of carbonyl (C=O) groups excluding carboxylic acids is 1. The molecule has 1 amide bonds. The zero-order valence-corrected chi connectivity index (χ0v) is 20.2. The number of halogens is 1. The fourth-order valence-electron chi connectivity index (χ4n) is 3.44. The number of hydrogen-bond donors (Lipinski definition) is 4. The zero-order valence-electron chi connectivity index (χ0n) is 20.2. The number of nitrogens with one attached hydrogen (secondary N) is 2. The molecule has 1 heterocycles. The number of aryl methyl sites for hydroxylation is 1. The van der Waals surface area contributed by atoms with Crippen LogP contribution in [0.4, 0.5) is 15.9 Å². The first kappa shape index (κ1) is 25.2. The summed E-state index contributed by atoms with van der Waals surface area (Å²) in [5.74, 6) is 0.169. The molecule has 2 aromatic rings. The number of allylic oxidation sites excluding steroid dienone is 2. The molecule has 8 heteroatoms. The van der Waals surface area contributed by atoms with Crippen LogP contribution in [0.15, 0.2) is 42.7 Å². The summed E-state index contributed by atoms with van der Waals surface area (Å²) in [5.41, 5.74) is 15.7. The average Bonchev–Trinajstić information content (AvgIpc) is 3.65. The third kappa shape index (κ3) is 6.57. The largest absolute Gasteiger partial charge is 0.404 e. The van der Waals surface area contributed by atoms with Crippen LogP contribution in [0.5, 0.6) is 0 Å². The number of carbonyl (C=O) groups is 1. The van der Waals surface area contributed by atoms with Gasteiger partial charge in [0.2, 0.25) is 5.91 Å². The lowest BCUT2D eigenvalue weighted by atomic mass is 9.98. The predicted octanol–water partition coefficient (Wildman–Crippen LogP) is 4.40. The third-order valence-corrected chi connectivity index (χ3v) is 6.00. The molecule has 6 N–H and O–H groups in total. The van der Waals surface area contributed by atoms with Gasteiger partial charge in [0.15, 0.2) is 0 Å². The van der Waals surface area contributed by atoms with Crippen LogP contribution in [-0.4, -0.2) is 30.1 Å². The van der Waals surface area contributed by atoms with E-state index < -0.39 is 0 Å². The Morgan fingerprint density at radius 3 is 2.71 bits per heavy atom. The second-order valence-corrected chi connectivity index (χ2v) is 9.20. The minimum atomic E-state index is -0.338. The summed E-state index contributed by atoms with van der Waals surface area (Å²) in [6.07, 6.45) is 7.31. The maximum absolute atomic E-state index is 14.6. The molecular formula is C26H34FN5O2. The Morgan fingerprint density at radius 2 is 2.06 bits per heavy atom. The monoisotopic (exact) mass is 467 g/mol. The van der Waals surface area contributed by atoms with E-state index in [4.69, 9.17) is 16.2 Å².